The van der Waals surface area contributed by atoms with E-state index in [2.05, 4.69) is 32.1 Å². The number of benzene rings is 1. The first-order valence-electron chi connectivity index (χ1n) is 10.7. The van der Waals surface area contributed by atoms with Gasteiger partial charge in [-0.1, -0.05) is 31.2 Å². The van der Waals surface area contributed by atoms with Crippen molar-refractivity contribution in [2.75, 3.05) is 37.6 Å². The van der Waals surface area contributed by atoms with Gasteiger partial charge in [-0.25, -0.2) is 9.67 Å². The van der Waals surface area contributed by atoms with E-state index >= 15 is 0 Å². The number of carbonyl (C=O) groups is 1. The monoisotopic (exact) mass is 420 g/mol. The Morgan fingerprint density at radius 3 is 2.48 bits per heavy atom. The minimum Gasteiger partial charge on any atom is -0.354 e. The number of nitrogens with zero attached hydrogens (tertiary/aromatic N) is 5. The zero-order valence-electron chi connectivity index (χ0n) is 18.0. The van der Waals surface area contributed by atoms with Crippen molar-refractivity contribution in [3.8, 4) is 0 Å². The maximum atomic E-state index is 12.6. The van der Waals surface area contributed by atoms with Gasteiger partial charge in [0.15, 0.2) is 0 Å². The predicted molar refractivity (Wildman–Crippen MR) is 121 cm³/mol. The summed E-state index contributed by atoms with van der Waals surface area (Å²) in [5.41, 5.74) is 1.38. The molecule has 162 valence electrons. The fraction of sp³-hybridized carbons (Fsp3) is 0.391. The molecule has 0 unspecified atom stereocenters. The number of piperazine rings is 1. The molecule has 0 bridgehead atoms. The number of hydrogen-bond acceptors (Lipinski definition) is 6. The summed E-state index contributed by atoms with van der Waals surface area (Å²) >= 11 is 0. The minimum atomic E-state index is -0.260. The van der Waals surface area contributed by atoms with Gasteiger partial charge in [-0.2, -0.15) is 5.10 Å². The predicted octanol–water partition coefficient (Wildman–Crippen LogP) is 1.56. The van der Waals surface area contributed by atoms with E-state index in [0.717, 1.165) is 55.2 Å². The van der Waals surface area contributed by atoms with Crippen molar-refractivity contribution < 1.29 is 4.79 Å². The smallest absolute Gasteiger partial charge is 0.275 e. The van der Waals surface area contributed by atoms with Crippen molar-refractivity contribution in [1.82, 2.24) is 25.0 Å². The molecule has 1 aliphatic rings. The third-order valence-electron chi connectivity index (χ3n) is 5.79. The summed E-state index contributed by atoms with van der Waals surface area (Å²) in [7, 11) is 0. The first-order chi connectivity index (χ1) is 15.0. The van der Waals surface area contributed by atoms with Crippen LogP contribution < -0.4 is 15.8 Å². The van der Waals surface area contributed by atoms with Crippen LogP contribution in [0.3, 0.4) is 0 Å². The lowest BCUT2D eigenvalue weighted by molar-refractivity contribution is -0.122. The summed E-state index contributed by atoms with van der Waals surface area (Å²) < 4.78 is 1.23. The first-order valence-corrected chi connectivity index (χ1v) is 10.7. The van der Waals surface area contributed by atoms with Gasteiger partial charge in [0.25, 0.3) is 5.56 Å². The highest BCUT2D eigenvalue weighted by Crippen LogP contribution is 2.14. The first kappa shape index (κ1) is 21.0. The summed E-state index contributed by atoms with van der Waals surface area (Å²) in [5, 5.41) is 8.53. The summed E-state index contributed by atoms with van der Waals surface area (Å²) in [4.78, 5) is 34.3. The molecule has 1 saturated heterocycles. The molecule has 8 nitrogen and oxygen atoms in total. The Kier molecular flexibility index (Phi) is 6.27. The van der Waals surface area contributed by atoms with Crippen LogP contribution in [0.25, 0.3) is 10.8 Å². The van der Waals surface area contributed by atoms with Gasteiger partial charge in [0.2, 0.25) is 5.91 Å². The van der Waals surface area contributed by atoms with Gasteiger partial charge in [-0.15, -0.1) is 0 Å². The van der Waals surface area contributed by atoms with Crippen LogP contribution in [-0.4, -0.2) is 58.3 Å². The topological polar surface area (TPSA) is 83.4 Å². The van der Waals surface area contributed by atoms with Crippen molar-refractivity contribution in [2.24, 2.45) is 0 Å². The van der Waals surface area contributed by atoms with Crippen molar-refractivity contribution in [1.29, 1.82) is 0 Å². The van der Waals surface area contributed by atoms with Gasteiger partial charge in [-0.3, -0.25) is 9.59 Å². The highest BCUT2D eigenvalue weighted by molar-refractivity contribution is 5.83. The number of hydrogen-bond donors (Lipinski definition) is 1. The van der Waals surface area contributed by atoms with Crippen LogP contribution in [0.15, 0.2) is 47.4 Å². The van der Waals surface area contributed by atoms with Gasteiger partial charge >= 0.3 is 0 Å². The average molecular weight is 421 g/mol. The Hall–Kier alpha value is -3.26. The molecule has 1 aromatic carbocycles. The molecule has 31 heavy (non-hydrogen) atoms. The van der Waals surface area contributed by atoms with Gasteiger partial charge in [0, 0.05) is 44.3 Å². The largest absolute Gasteiger partial charge is 0.354 e. The maximum absolute atomic E-state index is 12.6. The van der Waals surface area contributed by atoms with Crippen LogP contribution in [0.1, 0.15) is 18.2 Å². The molecule has 0 spiro atoms. The van der Waals surface area contributed by atoms with Crippen molar-refractivity contribution in [2.45, 2.75) is 26.9 Å². The van der Waals surface area contributed by atoms with Crippen LogP contribution in [-0.2, 0) is 17.9 Å². The van der Waals surface area contributed by atoms with E-state index in [9.17, 15) is 9.59 Å². The Morgan fingerprint density at radius 2 is 1.81 bits per heavy atom. The Morgan fingerprint density at radius 1 is 1.06 bits per heavy atom. The van der Waals surface area contributed by atoms with E-state index in [-0.39, 0.29) is 18.0 Å². The molecular weight excluding hydrogens is 392 g/mol. The van der Waals surface area contributed by atoms with E-state index in [4.69, 9.17) is 0 Å². The highest BCUT2D eigenvalue weighted by Gasteiger charge is 2.16. The summed E-state index contributed by atoms with van der Waals surface area (Å²) in [5.74, 6) is 0.706. The molecule has 1 fully saturated rings. The van der Waals surface area contributed by atoms with E-state index in [0.29, 0.717) is 11.9 Å². The third-order valence-corrected chi connectivity index (χ3v) is 5.79. The van der Waals surface area contributed by atoms with Crippen LogP contribution in [0.4, 0.5) is 5.82 Å². The molecule has 0 atom stereocenters. The van der Waals surface area contributed by atoms with Gasteiger partial charge in [0.05, 0.1) is 11.1 Å². The molecule has 4 rings (SSSR count). The summed E-state index contributed by atoms with van der Waals surface area (Å²) in [6.45, 7) is 9.41. The number of nitrogens with one attached hydrogen (secondary N) is 1. The molecule has 1 amide bonds. The van der Waals surface area contributed by atoms with Gasteiger partial charge < -0.3 is 15.1 Å². The average Bonchev–Trinajstić information content (AvgIpc) is 2.81. The van der Waals surface area contributed by atoms with Crippen LogP contribution in [0, 0.1) is 6.92 Å². The SMILES string of the molecule is CCN1CCN(c2ccc(CNC(=O)Cn3nc(C)c4ccccc4c3=O)cn2)CC1. The summed E-state index contributed by atoms with van der Waals surface area (Å²) in [6, 6.07) is 11.3. The number of pyridine rings is 1. The van der Waals surface area contributed by atoms with Crippen LogP contribution >= 0.6 is 0 Å². The van der Waals surface area contributed by atoms with Crippen molar-refractivity contribution >= 4 is 22.5 Å². The molecule has 0 saturated carbocycles. The van der Waals surface area contributed by atoms with Gasteiger partial charge in [-0.05, 0) is 31.2 Å². The number of likely N-dealkylation sites (N-methyl/N-ethyl adjacent to an activating group) is 1. The number of amides is 1. The Bertz CT molecular complexity index is 1120. The maximum Gasteiger partial charge on any atom is 0.275 e. The van der Waals surface area contributed by atoms with Crippen molar-refractivity contribution in [3.63, 3.8) is 0 Å². The fourth-order valence-electron chi connectivity index (χ4n) is 3.91. The molecule has 1 aliphatic heterocycles. The minimum absolute atomic E-state index is 0.113. The number of fused-ring (bicyclic) bond motifs is 1. The van der Waals surface area contributed by atoms with E-state index in [1.807, 2.05) is 37.3 Å². The van der Waals surface area contributed by atoms with Crippen LogP contribution in [0.2, 0.25) is 0 Å². The fourth-order valence-corrected chi connectivity index (χ4v) is 3.91. The Balaban J connectivity index is 1.35. The second-order valence-electron chi connectivity index (χ2n) is 7.82. The van der Waals surface area contributed by atoms with E-state index < -0.39 is 0 Å². The third kappa shape index (κ3) is 4.74. The normalized spacial score (nSPS) is 14.7. The number of aromatic nitrogens is 3. The standard InChI is InChI=1S/C23H28N6O2/c1-3-27-10-12-28(13-11-27)21-9-8-18(14-24-21)15-25-22(30)16-29-23(31)20-7-5-4-6-19(20)17(2)26-29/h4-9,14H,3,10-13,15-16H2,1-2H3,(H,25,30). The molecule has 2 aromatic heterocycles. The summed E-state index contributed by atoms with van der Waals surface area (Å²) in [6.07, 6.45) is 1.80. The number of carbonyl (C=O) groups excluding carboxylic acids is 1. The zero-order chi connectivity index (χ0) is 21.8. The molecule has 3 aromatic rings. The molecule has 8 heteroatoms. The zero-order valence-corrected chi connectivity index (χ0v) is 18.0. The van der Waals surface area contributed by atoms with Gasteiger partial charge in [0.1, 0.15) is 12.4 Å². The van der Waals surface area contributed by atoms with E-state index in [1.54, 1.807) is 12.3 Å². The molecular formula is C23H28N6O2. The van der Waals surface area contributed by atoms with Crippen LogP contribution in [0.5, 0.6) is 0 Å². The second-order valence-corrected chi connectivity index (χ2v) is 7.82. The quantitative estimate of drug-likeness (QED) is 0.652. The number of anilines is 1. The highest BCUT2D eigenvalue weighted by atomic mass is 16.2. The van der Waals surface area contributed by atoms with E-state index in [1.165, 1.54) is 4.68 Å². The molecule has 0 aliphatic carbocycles. The molecule has 1 N–H and O–H groups in total. The lowest BCUT2D eigenvalue weighted by atomic mass is 10.1. The molecule has 3 heterocycles. The molecule has 0 radical (unpaired) electrons. The van der Waals surface area contributed by atoms with Crippen molar-refractivity contribution in [3.05, 3.63) is 64.2 Å². The Labute approximate surface area is 181 Å². The number of rotatable bonds is 6. The lowest BCUT2D eigenvalue weighted by Gasteiger charge is -2.34. The second kappa shape index (κ2) is 9.26. The number of aryl methyl sites for hydroxylation is 1. The lowest BCUT2D eigenvalue weighted by Crippen LogP contribution is -2.46.